The molecule has 2 N–H and O–H groups in total. The number of hydrogen-bond acceptors (Lipinski definition) is 6. The lowest BCUT2D eigenvalue weighted by Crippen LogP contribution is -2.34. The van der Waals surface area contributed by atoms with Gasteiger partial charge >= 0.3 is 0 Å². The Morgan fingerprint density at radius 2 is 1.65 bits per heavy atom. The van der Waals surface area contributed by atoms with Gasteiger partial charge in [0, 0.05) is 22.8 Å². The molecule has 0 saturated carbocycles. The second-order valence-corrected chi connectivity index (χ2v) is 6.79. The van der Waals surface area contributed by atoms with Gasteiger partial charge in [0.15, 0.2) is 16.6 Å². The number of carbonyl (C=O) groups is 1. The topological polar surface area (TPSA) is 81.7 Å². The van der Waals surface area contributed by atoms with E-state index in [2.05, 4.69) is 15.6 Å². The molecule has 3 rings (SSSR count). The van der Waals surface area contributed by atoms with Crippen LogP contribution in [0.1, 0.15) is 31.1 Å². The molecule has 3 aromatic rings. The lowest BCUT2D eigenvalue weighted by atomic mass is 10.1. The molecule has 162 valence electrons. The lowest BCUT2D eigenvalue weighted by molar-refractivity contribution is 0.0976. The van der Waals surface area contributed by atoms with E-state index < -0.39 is 0 Å². The molecule has 2 aromatic carbocycles. The van der Waals surface area contributed by atoms with Gasteiger partial charge in [-0.15, -0.1) is 0 Å². The van der Waals surface area contributed by atoms with E-state index in [9.17, 15) is 4.79 Å². The Labute approximate surface area is 186 Å². The van der Waals surface area contributed by atoms with Crippen molar-refractivity contribution in [2.75, 3.05) is 25.1 Å². The number of rotatable bonds is 8. The summed E-state index contributed by atoms with van der Waals surface area (Å²) in [7, 11) is 0. The summed E-state index contributed by atoms with van der Waals surface area (Å²) < 4.78 is 17.0. The summed E-state index contributed by atoms with van der Waals surface area (Å²) >= 11 is 5.36. The van der Waals surface area contributed by atoms with Crippen LogP contribution in [-0.2, 0) is 0 Å². The minimum absolute atomic E-state index is 0.172. The first-order valence-corrected chi connectivity index (χ1v) is 10.5. The summed E-state index contributed by atoms with van der Waals surface area (Å²) in [5.74, 6) is 0.978. The second kappa shape index (κ2) is 10.6. The number of anilines is 1. The number of ether oxygens (including phenoxy) is 3. The number of hydrogen-bond donors (Lipinski definition) is 2. The van der Waals surface area contributed by atoms with E-state index >= 15 is 0 Å². The number of thiocarbonyl (C=S) groups is 1. The third-order valence-corrected chi connectivity index (χ3v) is 4.50. The highest BCUT2D eigenvalue weighted by molar-refractivity contribution is 7.80. The molecule has 8 heteroatoms. The van der Waals surface area contributed by atoms with Gasteiger partial charge in [-0.2, -0.15) is 0 Å². The van der Waals surface area contributed by atoms with Crippen molar-refractivity contribution < 1.29 is 19.0 Å². The number of pyridine rings is 1. The van der Waals surface area contributed by atoms with Gasteiger partial charge in [0.05, 0.1) is 25.3 Å². The van der Waals surface area contributed by atoms with E-state index in [1.165, 1.54) is 0 Å². The first-order valence-electron chi connectivity index (χ1n) is 10.1. The summed E-state index contributed by atoms with van der Waals surface area (Å²) in [5, 5.41) is 6.85. The first-order chi connectivity index (χ1) is 15.1. The predicted octanol–water partition coefficient (Wildman–Crippen LogP) is 4.56. The molecular formula is C23H25N3O4S. The van der Waals surface area contributed by atoms with Gasteiger partial charge in [-0.05, 0) is 69.4 Å². The maximum Gasteiger partial charge on any atom is 0.257 e. The Morgan fingerprint density at radius 1 is 0.968 bits per heavy atom. The number of nitrogens with zero attached hydrogens (tertiary/aromatic N) is 1. The van der Waals surface area contributed by atoms with Crippen molar-refractivity contribution in [1.82, 2.24) is 10.3 Å². The van der Waals surface area contributed by atoms with Gasteiger partial charge in [-0.1, -0.05) is 6.07 Å². The standard InChI is InChI=1S/C23H25N3O4S/c1-4-28-19-13-15(14-20(29-5-2)21(19)30-6-3)22(27)26-23(31)25-18-11-7-10-17-16(18)9-8-12-24-17/h7-14H,4-6H2,1-3H3,(H2,25,26,27,31). The SMILES string of the molecule is CCOc1cc(C(=O)NC(=S)Nc2cccc3ncccc23)cc(OCC)c1OCC. The van der Waals surface area contributed by atoms with Crippen LogP contribution in [0.4, 0.5) is 5.69 Å². The van der Waals surface area contributed by atoms with E-state index in [4.69, 9.17) is 26.4 Å². The maximum atomic E-state index is 12.9. The van der Waals surface area contributed by atoms with Crippen LogP contribution in [0.3, 0.4) is 0 Å². The van der Waals surface area contributed by atoms with Crippen LogP contribution >= 0.6 is 12.2 Å². The van der Waals surface area contributed by atoms with Crippen LogP contribution in [0.2, 0.25) is 0 Å². The molecule has 0 unspecified atom stereocenters. The second-order valence-electron chi connectivity index (χ2n) is 6.38. The fourth-order valence-corrected chi connectivity index (χ4v) is 3.26. The van der Waals surface area contributed by atoms with E-state index in [1.807, 2.05) is 51.1 Å². The van der Waals surface area contributed by atoms with Gasteiger partial charge in [-0.3, -0.25) is 15.1 Å². The average Bonchev–Trinajstić information content (AvgIpc) is 2.76. The molecule has 1 aromatic heterocycles. The molecule has 0 aliphatic heterocycles. The van der Waals surface area contributed by atoms with Gasteiger partial charge < -0.3 is 19.5 Å². The molecule has 7 nitrogen and oxygen atoms in total. The van der Waals surface area contributed by atoms with E-state index in [1.54, 1.807) is 18.3 Å². The molecule has 1 amide bonds. The number of amides is 1. The minimum atomic E-state index is -0.388. The molecule has 0 aliphatic rings. The number of fused-ring (bicyclic) bond motifs is 1. The zero-order valence-corrected chi connectivity index (χ0v) is 18.5. The van der Waals surface area contributed by atoms with Crippen LogP contribution in [0.5, 0.6) is 17.2 Å². The van der Waals surface area contributed by atoms with E-state index in [0.29, 0.717) is 42.6 Å². The third-order valence-electron chi connectivity index (χ3n) is 4.29. The average molecular weight is 440 g/mol. The van der Waals surface area contributed by atoms with E-state index in [0.717, 1.165) is 16.6 Å². The highest BCUT2D eigenvalue weighted by atomic mass is 32.1. The Hall–Kier alpha value is -3.39. The molecule has 0 spiro atoms. The molecular weight excluding hydrogens is 414 g/mol. The van der Waals surface area contributed by atoms with Gasteiger partial charge in [0.25, 0.3) is 5.91 Å². The van der Waals surface area contributed by atoms with Crippen molar-refractivity contribution in [3.05, 3.63) is 54.2 Å². The Balaban J connectivity index is 1.82. The van der Waals surface area contributed by atoms with Crippen LogP contribution in [-0.4, -0.2) is 35.8 Å². The summed E-state index contributed by atoms with van der Waals surface area (Å²) in [4.78, 5) is 17.2. The van der Waals surface area contributed by atoms with Gasteiger partial charge in [-0.25, -0.2) is 0 Å². The van der Waals surface area contributed by atoms with Crippen LogP contribution in [0, 0.1) is 0 Å². The lowest BCUT2D eigenvalue weighted by Gasteiger charge is -2.17. The van der Waals surface area contributed by atoms with Crippen molar-refractivity contribution in [1.29, 1.82) is 0 Å². The highest BCUT2D eigenvalue weighted by Gasteiger charge is 2.19. The Bertz CT molecular complexity index is 1060. The fourth-order valence-electron chi connectivity index (χ4n) is 3.06. The molecule has 31 heavy (non-hydrogen) atoms. The molecule has 0 aliphatic carbocycles. The van der Waals surface area contributed by atoms with Gasteiger partial charge in [0.2, 0.25) is 5.75 Å². The molecule has 0 bridgehead atoms. The summed E-state index contributed by atoms with van der Waals surface area (Å²) in [6.45, 7) is 6.89. The highest BCUT2D eigenvalue weighted by Crippen LogP contribution is 2.39. The zero-order chi connectivity index (χ0) is 22.2. The van der Waals surface area contributed by atoms with Crippen molar-refractivity contribution in [2.24, 2.45) is 0 Å². The largest absolute Gasteiger partial charge is 0.490 e. The number of carbonyl (C=O) groups excluding carboxylic acids is 1. The summed E-state index contributed by atoms with van der Waals surface area (Å²) in [6, 6.07) is 12.7. The van der Waals surface area contributed by atoms with Crippen LogP contribution in [0.25, 0.3) is 10.9 Å². The van der Waals surface area contributed by atoms with Crippen molar-refractivity contribution in [3.63, 3.8) is 0 Å². The summed E-state index contributed by atoms with van der Waals surface area (Å²) in [6.07, 6.45) is 1.73. The molecule has 1 heterocycles. The monoisotopic (exact) mass is 439 g/mol. The number of aromatic nitrogens is 1. The molecule has 0 radical (unpaired) electrons. The number of benzene rings is 2. The normalized spacial score (nSPS) is 10.4. The fraction of sp³-hybridized carbons (Fsp3) is 0.261. The van der Waals surface area contributed by atoms with E-state index in [-0.39, 0.29) is 11.0 Å². The number of nitrogens with one attached hydrogen (secondary N) is 2. The quantitative estimate of drug-likeness (QED) is 0.498. The first kappa shape index (κ1) is 22.3. The van der Waals surface area contributed by atoms with Gasteiger partial charge in [0.1, 0.15) is 0 Å². The summed E-state index contributed by atoms with van der Waals surface area (Å²) in [5.41, 5.74) is 1.93. The van der Waals surface area contributed by atoms with Crippen molar-refractivity contribution >= 4 is 39.8 Å². The third kappa shape index (κ3) is 5.40. The predicted molar refractivity (Wildman–Crippen MR) is 125 cm³/mol. The maximum absolute atomic E-state index is 12.9. The van der Waals surface area contributed by atoms with Crippen LogP contribution < -0.4 is 24.8 Å². The zero-order valence-electron chi connectivity index (χ0n) is 17.7. The van der Waals surface area contributed by atoms with Crippen LogP contribution in [0.15, 0.2) is 48.7 Å². The minimum Gasteiger partial charge on any atom is -0.490 e. The molecule has 0 fully saturated rings. The Morgan fingerprint density at radius 3 is 2.29 bits per heavy atom. The van der Waals surface area contributed by atoms with Crippen molar-refractivity contribution in [2.45, 2.75) is 20.8 Å². The smallest absolute Gasteiger partial charge is 0.257 e. The van der Waals surface area contributed by atoms with Crippen molar-refractivity contribution in [3.8, 4) is 17.2 Å². The molecule has 0 saturated heterocycles. The Kier molecular flexibility index (Phi) is 7.61. The molecule has 0 atom stereocenters.